The smallest absolute Gasteiger partial charge is 0.119 e. The van der Waals surface area contributed by atoms with Gasteiger partial charge in [0, 0.05) is 12.6 Å². The van der Waals surface area contributed by atoms with Crippen LogP contribution in [0.15, 0.2) is 30.3 Å². The summed E-state index contributed by atoms with van der Waals surface area (Å²) < 4.78 is 11.3. The molecule has 0 radical (unpaired) electrons. The van der Waals surface area contributed by atoms with Gasteiger partial charge in [0.1, 0.15) is 5.75 Å². The molecule has 0 aromatic heterocycles. The highest BCUT2D eigenvalue weighted by Crippen LogP contribution is 2.20. The standard InChI is InChI=1S/C15H23NO2/c1-16-15-9-11-17-12-13(15)6-5-10-18-14-7-3-2-4-8-14/h2-4,7-8,13,15-16H,5-6,9-12H2,1H3. The third-order valence-electron chi connectivity index (χ3n) is 3.58. The van der Waals surface area contributed by atoms with Crippen molar-refractivity contribution in [2.45, 2.75) is 25.3 Å². The zero-order chi connectivity index (χ0) is 12.6. The highest BCUT2D eigenvalue weighted by Gasteiger charge is 2.23. The largest absolute Gasteiger partial charge is 0.494 e. The van der Waals surface area contributed by atoms with Crippen LogP contribution >= 0.6 is 0 Å². The number of ether oxygens (including phenoxy) is 2. The molecular weight excluding hydrogens is 226 g/mol. The fourth-order valence-corrected chi connectivity index (χ4v) is 2.51. The number of nitrogens with one attached hydrogen (secondary N) is 1. The van der Waals surface area contributed by atoms with Gasteiger partial charge in [-0.1, -0.05) is 18.2 Å². The Morgan fingerprint density at radius 2 is 2.17 bits per heavy atom. The first kappa shape index (κ1) is 13.4. The van der Waals surface area contributed by atoms with Crippen molar-refractivity contribution in [3.8, 4) is 5.75 Å². The minimum atomic E-state index is 0.607. The van der Waals surface area contributed by atoms with Crippen LogP contribution in [0.4, 0.5) is 0 Å². The van der Waals surface area contributed by atoms with Crippen LogP contribution in [0.3, 0.4) is 0 Å². The van der Waals surface area contributed by atoms with Crippen molar-refractivity contribution in [2.24, 2.45) is 5.92 Å². The topological polar surface area (TPSA) is 30.5 Å². The van der Waals surface area contributed by atoms with Crippen molar-refractivity contribution < 1.29 is 9.47 Å². The van der Waals surface area contributed by atoms with Gasteiger partial charge in [-0.05, 0) is 44.4 Å². The zero-order valence-corrected chi connectivity index (χ0v) is 11.1. The molecule has 1 heterocycles. The van der Waals surface area contributed by atoms with Gasteiger partial charge in [-0.2, -0.15) is 0 Å². The molecular formula is C15H23NO2. The van der Waals surface area contributed by atoms with Gasteiger partial charge in [0.2, 0.25) is 0 Å². The van der Waals surface area contributed by atoms with Gasteiger partial charge in [-0.3, -0.25) is 0 Å². The van der Waals surface area contributed by atoms with Crippen LogP contribution in [0.25, 0.3) is 0 Å². The molecule has 0 saturated carbocycles. The van der Waals surface area contributed by atoms with Crippen molar-refractivity contribution in [3.63, 3.8) is 0 Å². The first-order valence-electron chi connectivity index (χ1n) is 6.83. The second-order valence-electron chi connectivity index (χ2n) is 4.82. The SMILES string of the molecule is CNC1CCOCC1CCCOc1ccccc1. The molecule has 18 heavy (non-hydrogen) atoms. The number of benzene rings is 1. The Balaban J connectivity index is 1.65. The lowest BCUT2D eigenvalue weighted by molar-refractivity contribution is 0.0287. The molecule has 0 amide bonds. The summed E-state index contributed by atoms with van der Waals surface area (Å²) in [6.07, 6.45) is 3.38. The fraction of sp³-hybridized carbons (Fsp3) is 0.600. The molecule has 1 saturated heterocycles. The van der Waals surface area contributed by atoms with Crippen LogP contribution in [0.5, 0.6) is 5.75 Å². The van der Waals surface area contributed by atoms with Crippen molar-refractivity contribution >= 4 is 0 Å². The van der Waals surface area contributed by atoms with E-state index in [1.165, 1.54) is 6.42 Å². The van der Waals surface area contributed by atoms with E-state index >= 15 is 0 Å². The van der Waals surface area contributed by atoms with E-state index in [0.717, 1.165) is 38.4 Å². The Labute approximate surface area is 109 Å². The lowest BCUT2D eigenvalue weighted by atomic mass is 9.91. The fourth-order valence-electron chi connectivity index (χ4n) is 2.51. The number of hydrogen-bond donors (Lipinski definition) is 1. The average molecular weight is 249 g/mol. The Hall–Kier alpha value is -1.06. The summed E-state index contributed by atoms with van der Waals surface area (Å²) >= 11 is 0. The molecule has 1 aromatic carbocycles. The molecule has 2 unspecified atom stereocenters. The first-order valence-corrected chi connectivity index (χ1v) is 6.83. The quantitative estimate of drug-likeness (QED) is 0.786. The maximum atomic E-state index is 5.70. The maximum absolute atomic E-state index is 5.70. The maximum Gasteiger partial charge on any atom is 0.119 e. The molecule has 100 valence electrons. The van der Waals surface area contributed by atoms with Crippen molar-refractivity contribution in [3.05, 3.63) is 30.3 Å². The van der Waals surface area contributed by atoms with Crippen LogP contribution in [-0.4, -0.2) is 32.9 Å². The second kappa shape index (κ2) is 7.39. The van der Waals surface area contributed by atoms with E-state index in [1.807, 2.05) is 37.4 Å². The van der Waals surface area contributed by atoms with E-state index in [-0.39, 0.29) is 0 Å². The molecule has 0 spiro atoms. The minimum Gasteiger partial charge on any atom is -0.494 e. The van der Waals surface area contributed by atoms with Crippen LogP contribution in [0.2, 0.25) is 0 Å². The highest BCUT2D eigenvalue weighted by molar-refractivity contribution is 5.20. The molecule has 0 bridgehead atoms. The van der Waals surface area contributed by atoms with Crippen LogP contribution in [0, 0.1) is 5.92 Å². The van der Waals surface area contributed by atoms with Gasteiger partial charge >= 0.3 is 0 Å². The molecule has 1 aliphatic heterocycles. The average Bonchev–Trinajstić information content (AvgIpc) is 2.45. The van der Waals surface area contributed by atoms with E-state index in [4.69, 9.17) is 9.47 Å². The van der Waals surface area contributed by atoms with Crippen molar-refractivity contribution in [2.75, 3.05) is 26.9 Å². The van der Waals surface area contributed by atoms with Crippen LogP contribution < -0.4 is 10.1 Å². The second-order valence-corrected chi connectivity index (χ2v) is 4.82. The van der Waals surface area contributed by atoms with Crippen molar-refractivity contribution in [1.29, 1.82) is 0 Å². The number of rotatable bonds is 6. The lowest BCUT2D eigenvalue weighted by Gasteiger charge is -2.31. The Bertz CT molecular complexity index is 329. The van der Waals surface area contributed by atoms with E-state index in [2.05, 4.69) is 5.32 Å². The normalized spacial score (nSPS) is 23.8. The predicted octanol–water partition coefficient (Wildman–Crippen LogP) is 2.47. The number of para-hydroxylation sites is 1. The van der Waals surface area contributed by atoms with Gasteiger partial charge in [0.15, 0.2) is 0 Å². The molecule has 1 fully saturated rings. The summed E-state index contributed by atoms with van der Waals surface area (Å²) in [6.45, 7) is 2.57. The Kier molecular flexibility index (Phi) is 5.49. The molecule has 1 aromatic rings. The Morgan fingerprint density at radius 3 is 2.94 bits per heavy atom. The first-order chi connectivity index (χ1) is 8.90. The van der Waals surface area contributed by atoms with E-state index in [0.29, 0.717) is 12.0 Å². The van der Waals surface area contributed by atoms with Gasteiger partial charge < -0.3 is 14.8 Å². The summed E-state index contributed by atoms with van der Waals surface area (Å²) in [6, 6.07) is 10.6. The molecule has 2 rings (SSSR count). The van der Waals surface area contributed by atoms with Gasteiger partial charge in [-0.15, -0.1) is 0 Å². The summed E-state index contributed by atoms with van der Waals surface area (Å²) in [5.41, 5.74) is 0. The highest BCUT2D eigenvalue weighted by atomic mass is 16.5. The van der Waals surface area contributed by atoms with E-state index in [9.17, 15) is 0 Å². The molecule has 1 N–H and O–H groups in total. The van der Waals surface area contributed by atoms with E-state index in [1.54, 1.807) is 0 Å². The minimum absolute atomic E-state index is 0.607. The molecule has 2 atom stereocenters. The van der Waals surface area contributed by atoms with Gasteiger partial charge in [0.25, 0.3) is 0 Å². The summed E-state index contributed by atoms with van der Waals surface area (Å²) in [7, 11) is 2.05. The number of hydrogen-bond acceptors (Lipinski definition) is 3. The molecule has 3 heteroatoms. The predicted molar refractivity (Wildman–Crippen MR) is 72.9 cm³/mol. The summed E-state index contributed by atoms with van der Waals surface area (Å²) in [5.74, 6) is 1.59. The third kappa shape index (κ3) is 4.00. The van der Waals surface area contributed by atoms with Crippen LogP contribution in [-0.2, 0) is 4.74 Å². The zero-order valence-electron chi connectivity index (χ0n) is 11.1. The summed E-state index contributed by atoms with van der Waals surface area (Å²) in [5, 5.41) is 3.39. The lowest BCUT2D eigenvalue weighted by Crippen LogP contribution is -2.41. The molecule has 0 aliphatic carbocycles. The van der Waals surface area contributed by atoms with Crippen LogP contribution in [0.1, 0.15) is 19.3 Å². The van der Waals surface area contributed by atoms with E-state index < -0.39 is 0 Å². The summed E-state index contributed by atoms with van der Waals surface area (Å²) in [4.78, 5) is 0. The van der Waals surface area contributed by atoms with Gasteiger partial charge in [0.05, 0.1) is 13.2 Å². The van der Waals surface area contributed by atoms with Gasteiger partial charge in [-0.25, -0.2) is 0 Å². The Morgan fingerprint density at radius 1 is 1.33 bits per heavy atom. The molecule has 3 nitrogen and oxygen atoms in total. The molecule has 1 aliphatic rings. The third-order valence-corrected chi connectivity index (χ3v) is 3.58. The monoisotopic (exact) mass is 249 g/mol. The van der Waals surface area contributed by atoms with Crippen molar-refractivity contribution in [1.82, 2.24) is 5.32 Å².